The summed E-state index contributed by atoms with van der Waals surface area (Å²) in [4.78, 5) is 19.4. The zero-order valence-electron chi connectivity index (χ0n) is 43.1. The van der Waals surface area contributed by atoms with Crippen molar-refractivity contribution in [3.8, 4) is 43.1 Å². The van der Waals surface area contributed by atoms with E-state index in [1.807, 2.05) is 6.26 Å². The normalized spacial score (nSPS) is 12.3. The van der Waals surface area contributed by atoms with Crippen LogP contribution >= 0.6 is 39.9 Å². The van der Waals surface area contributed by atoms with Crippen LogP contribution in [0.25, 0.3) is 0 Å². The molecule has 66 heavy (non-hydrogen) atoms. The number of nitrogens with one attached hydrogen (secondary N) is 1. The van der Waals surface area contributed by atoms with Crippen LogP contribution in [0.5, 0.6) is 0 Å². The van der Waals surface area contributed by atoms with Crippen LogP contribution in [0.1, 0.15) is 245 Å². The van der Waals surface area contributed by atoms with E-state index in [0.29, 0.717) is 52.0 Å². The van der Waals surface area contributed by atoms with Crippen molar-refractivity contribution in [2.24, 2.45) is 0 Å². The molecule has 1 fully saturated rings. The topological polar surface area (TPSA) is 81.5 Å². The average Bonchev–Trinajstić information content (AvgIpc) is 3.27. The lowest BCUT2D eigenvalue weighted by atomic mass is 9.95. The Morgan fingerprint density at radius 2 is 0.985 bits per heavy atom. The number of anilines is 1. The maximum Gasteiger partial charge on any atom is 0.147 e. The number of piperidine rings is 1. The maximum atomic E-state index is 9.59. The highest BCUT2D eigenvalue weighted by Gasteiger charge is 2.22. The Morgan fingerprint density at radius 3 is 1.38 bits per heavy atom. The number of hydrogen-bond donors (Lipinski definition) is 1. The molecule has 4 aromatic rings. The van der Waals surface area contributed by atoms with E-state index in [9.17, 15) is 5.26 Å². The van der Waals surface area contributed by atoms with Crippen LogP contribution in [0.4, 0.5) is 5.82 Å². The molecule has 0 radical (unpaired) electrons. The fourth-order valence-electron chi connectivity index (χ4n) is 7.34. The van der Waals surface area contributed by atoms with Crippen LogP contribution in [0.3, 0.4) is 0 Å². The second kappa shape index (κ2) is 27.4. The molecule has 354 valence electrons. The minimum Gasteiger partial charge on any atom is -0.356 e. The molecule has 0 amide bonds. The standard InChI is InChI=1S/C17H25N3.C14H19NS.C13H16BrN.C13H17NS/c1-12(2)14-10-16(13(3)4)19-17(15(14)11-18)20-8-6-5-7-9-20;1-7-11-12(9(2)3)8-13(10(4)5)15-14(11)16-6;1-6-10-11(8(2)3)7-12(9(4)5)15-13(10)14;1-6-10-11(8(2)3)7-12(9(4)5)14-13(10)15/h10,12-13H,5-9H2,1-4H3;1,8-10H,2-6H3;1,7-9H,2-5H3;1,7-9H,2-5H3,(H,14,15). The van der Waals surface area contributed by atoms with Crippen LogP contribution in [0, 0.1) is 53.0 Å². The van der Waals surface area contributed by atoms with Gasteiger partial charge in [0, 0.05) is 35.9 Å². The van der Waals surface area contributed by atoms with Gasteiger partial charge in [-0.25, -0.2) is 15.0 Å². The first-order chi connectivity index (χ1) is 31.0. The summed E-state index contributed by atoms with van der Waals surface area (Å²) in [5, 5.41) is 10.6. The van der Waals surface area contributed by atoms with Crippen molar-refractivity contribution < 1.29 is 0 Å². The molecule has 0 aliphatic carbocycles. The molecular weight excluding hydrogens is 913 g/mol. The molecule has 1 aliphatic heterocycles. The van der Waals surface area contributed by atoms with E-state index in [4.69, 9.17) is 36.5 Å². The molecule has 0 bridgehead atoms. The molecule has 0 spiro atoms. The van der Waals surface area contributed by atoms with E-state index >= 15 is 0 Å². The Bertz CT molecular complexity index is 2460. The quantitative estimate of drug-likeness (QED) is 0.0734. The van der Waals surface area contributed by atoms with Crippen LogP contribution in [-0.4, -0.2) is 39.3 Å². The van der Waals surface area contributed by atoms with Gasteiger partial charge in [-0.2, -0.15) is 5.26 Å². The van der Waals surface area contributed by atoms with E-state index in [-0.39, 0.29) is 0 Å². The highest BCUT2D eigenvalue weighted by Crippen LogP contribution is 2.33. The van der Waals surface area contributed by atoms with Crippen molar-refractivity contribution in [3.05, 3.63) is 101 Å². The average molecular weight is 990 g/mol. The highest BCUT2D eigenvalue weighted by atomic mass is 79.9. The fraction of sp³-hybridized carbons (Fsp3) is 0.526. The van der Waals surface area contributed by atoms with Gasteiger partial charge >= 0.3 is 0 Å². The number of halogens is 1. The van der Waals surface area contributed by atoms with Gasteiger partial charge < -0.3 is 9.88 Å². The van der Waals surface area contributed by atoms with Gasteiger partial charge in [-0.15, -0.1) is 31.0 Å². The van der Waals surface area contributed by atoms with Crippen LogP contribution in [0.2, 0.25) is 0 Å². The van der Waals surface area contributed by atoms with E-state index in [0.717, 1.165) is 79.1 Å². The second-order valence-electron chi connectivity index (χ2n) is 19.4. The smallest absolute Gasteiger partial charge is 0.147 e. The number of hydrogen-bond acceptors (Lipinski definition) is 7. The van der Waals surface area contributed by atoms with Gasteiger partial charge in [-0.05, 0) is 135 Å². The van der Waals surface area contributed by atoms with E-state index in [1.54, 1.807) is 11.8 Å². The summed E-state index contributed by atoms with van der Waals surface area (Å²) in [6.45, 7) is 36.5. The van der Waals surface area contributed by atoms with E-state index in [1.165, 1.54) is 36.0 Å². The van der Waals surface area contributed by atoms with Crippen LogP contribution < -0.4 is 4.90 Å². The van der Waals surface area contributed by atoms with Gasteiger partial charge in [0.05, 0.1) is 22.3 Å². The maximum absolute atomic E-state index is 9.59. The Labute approximate surface area is 418 Å². The number of H-pyrrole nitrogens is 1. The van der Waals surface area contributed by atoms with Crippen molar-refractivity contribution in [2.45, 2.75) is 182 Å². The third-order valence-corrected chi connectivity index (χ3v) is 13.0. The summed E-state index contributed by atoms with van der Waals surface area (Å²) in [7, 11) is 0. The number of aromatic nitrogens is 4. The Hall–Kier alpha value is -4.38. The van der Waals surface area contributed by atoms with Crippen LogP contribution in [-0.2, 0) is 0 Å². The largest absolute Gasteiger partial charge is 0.356 e. The molecule has 1 N–H and O–H groups in total. The molecule has 0 atom stereocenters. The van der Waals surface area contributed by atoms with Gasteiger partial charge in [0.25, 0.3) is 0 Å². The van der Waals surface area contributed by atoms with Gasteiger partial charge in [0.2, 0.25) is 0 Å². The van der Waals surface area contributed by atoms with Crippen LogP contribution in [0.15, 0.2) is 33.9 Å². The van der Waals surface area contributed by atoms with E-state index < -0.39 is 0 Å². The lowest BCUT2D eigenvalue weighted by Crippen LogP contribution is -2.31. The summed E-state index contributed by atoms with van der Waals surface area (Å²) in [5.74, 6) is 12.4. The molecule has 0 aromatic carbocycles. The van der Waals surface area contributed by atoms with Gasteiger partial charge in [0.1, 0.15) is 26.2 Å². The number of pyridine rings is 4. The minimum atomic E-state index is 0.355. The lowest BCUT2D eigenvalue weighted by Gasteiger charge is -2.30. The molecule has 9 heteroatoms. The van der Waals surface area contributed by atoms with Gasteiger partial charge in [-0.1, -0.05) is 141 Å². The number of terminal acetylenes is 3. The first kappa shape index (κ1) is 57.7. The third-order valence-electron chi connectivity index (χ3n) is 11.5. The molecule has 1 saturated heterocycles. The lowest BCUT2D eigenvalue weighted by molar-refractivity contribution is 0.571. The first-order valence-corrected chi connectivity index (χ1v) is 26.1. The molecule has 6 nitrogen and oxygen atoms in total. The minimum absolute atomic E-state index is 0.355. The van der Waals surface area contributed by atoms with E-state index in [2.05, 4.69) is 195 Å². The fourth-order valence-corrected chi connectivity index (χ4v) is 8.76. The number of nitriles is 1. The summed E-state index contributed by atoms with van der Waals surface area (Å²) in [6.07, 6.45) is 22.3. The molecule has 5 heterocycles. The van der Waals surface area contributed by atoms with Crippen molar-refractivity contribution in [1.29, 1.82) is 5.26 Å². The highest BCUT2D eigenvalue weighted by molar-refractivity contribution is 9.10. The first-order valence-electron chi connectivity index (χ1n) is 23.6. The third kappa shape index (κ3) is 15.9. The number of nitrogens with zero attached hydrogens (tertiary/aromatic N) is 5. The monoisotopic (exact) mass is 988 g/mol. The molecule has 5 rings (SSSR count). The molecule has 4 aromatic heterocycles. The number of aromatic amines is 1. The van der Waals surface area contributed by atoms with Crippen molar-refractivity contribution in [2.75, 3.05) is 24.2 Å². The molecule has 1 aliphatic rings. The Balaban J connectivity index is 0.000000305. The molecular formula is C57H77BrN6S2. The molecule has 0 unspecified atom stereocenters. The Kier molecular flexibility index (Phi) is 24.0. The second-order valence-corrected chi connectivity index (χ2v) is 21.3. The zero-order chi connectivity index (χ0) is 50.2. The molecule has 0 saturated carbocycles. The summed E-state index contributed by atoms with van der Waals surface area (Å²) >= 11 is 10.3. The number of thioether (sulfide) groups is 1. The summed E-state index contributed by atoms with van der Waals surface area (Å²) in [5.41, 5.74) is 12.7. The predicted molar refractivity (Wildman–Crippen MR) is 291 cm³/mol. The summed E-state index contributed by atoms with van der Waals surface area (Å²) in [6, 6.07) is 10.9. The summed E-state index contributed by atoms with van der Waals surface area (Å²) < 4.78 is 1.48. The van der Waals surface area contributed by atoms with Crippen molar-refractivity contribution >= 4 is 45.7 Å². The Morgan fingerprint density at radius 1 is 0.576 bits per heavy atom. The van der Waals surface area contributed by atoms with Crippen molar-refractivity contribution in [1.82, 2.24) is 19.9 Å². The van der Waals surface area contributed by atoms with Gasteiger partial charge in [0.15, 0.2) is 0 Å². The van der Waals surface area contributed by atoms with Gasteiger partial charge in [-0.3, -0.25) is 0 Å². The van der Waals surface area contributed by atoms with Crippen molar-refractivity contribution in [3.63, 3.8) is 0 Å². The predicted octanol–water partition coefficient (Wildman–Crippen LogP) is 16.3. The SMILES string of the molecule is C#Cc1c(C(C)C)cc(C(C)C)[nH]c1=S.C#Cc1c(C(C)C)cc(C(C)C)nc1Br.C#Cc1c(C(C)C)cc(C(C)C)nc1SC.CC(C)c1cc(C(C)C)c(C#N)c(N2CCCCC2)n1. The zero-order valence-corrected chi connectivity index (χ0v) is 46.3. The number of rotatable bonds is 10.